The third-order valence-corrected chi connectivity index (χ3v) is 8.07. The van der Waals surface area contributed by atoms with E-state index in [2.05, 4.69) is 15.2 Å². The van der Waals surface area contributed by atoms with E-state index in [9.17, 15) is 13.2 Å². The largest absolute Gasteiger partial charge is 0.436 e. The van der Waals surface area contributed by atoms with Gasteiger partial charge in [0.2, 0.25) is 11.8 Å². The number of likely N-dealkylation sites (tertiary alicyclic amines) is 1. The van der Waals surface area contributed by atoms with Crippen LogP contribution in [-0.4, -0.2) is 54.8 Å². The van der Waals surface area contributed by atoms with E-state index in [1.54, 1.807) is 0 Å². The molecule has 3 heterocycles. The van der Waals surface area contributed by atoms with E-state index in [0.29, 0.717) is 12.3 Å². The van der Waals surface area contributed by atoms with Gasteiger partial charge in [0.25, 0.3) is 0 Å². The average molecular weight is 440 g/mol. The third-order valence-electron chi connectivity index (χ3n) is 6.32. The molecule has 1 atom stereocenters. The maximum Gasteiger partial charge on any atom is 0.227 e. The number of hydrogen-bond donors (Lipinski definition) is 1. The first-order valence-corrected chi connectivity index (χ1v) is 12.5. The number of nitrogens with zero attached hydrogens (tertiary/aromatic N) is 2. The Bertz CT molecular complexity index is 1160. The highest BCUT2D eigenvalue weighted by Crippen LogP contribution is 2.27. The monoisotopic (exact) mass is 439 g/mol. The molecule has 2 aromatic carbocycles. The second kappa shape index (κ2) is 8.09. The van der Waals surface area contributed by atoms with Gasteiger partial charge in [-0.1, -0.05) is 12.1 Å². The highest BCUT2D eigenvalue weighted by Gasteiger charge is 2.35. The number of nitrogens with one attached hydrogen (secondary N) is 1. The Hall–Kier alpha value is -2.71. The fourth-order valence-electron chi connectivity index (χ4n) is 4.53. The lowest BCUT2D eigenvalue weighted by atomic mass is 9.94. The van der Waals surface area contributed by atoms with Crippen molar-refractivity contribution in [2.24, 2.45) is 5.92 Å². The van der Waals surface area contributed by atoms with Crippen molar-refractivity contribution in [3.05, 3.63) is 48.5 Å². The van der Waals surface area contributed by atoms with E-state index in [-0.39, 0.29) is 29.4 Å². The average Bonchev–Trinajstić information content (AvgIpc) is 3.37. The van der Waals surface area contributed by atoms with Gasteiger partial charge in [-0.2, -0.15) is 0 Å². The SMILES string of the molecule is O=C(Nc1ccc(-c2nc3ccccc3o2)cc1)C1CCN(C2CCS(=O)(=O)C2)CC1. The van der Waals surface area contributed by atoms with Crippen LogP contribution in [0, 0.1) is 5.92 Å². The van der Waals surface area contributed by atoms with Gasteiger partial charge in [-0.05, 0) is 68.8 Å². The molecule has 0 bridgehead atoms. The number of oxazole rings is 1. The van der Waals surface area contributed by atoms with Gasteiger partial charge in [0.05, 0.1) is 11.5 Å². The predicted octanol–water partition coefficient (Wildman–Crippen LogP) is 3.33. The molecule has 2 saturated heterocycles. The van der Waals surface area contributed by atoms with Crippen molar-refractivity contribution >= 4 is 32.5 Å². The normalized spacial score (nSPS) is 22.0. The van der Waals surface area contributed by atoms with Crippen molar-refractivity contribution in [1.82, 2.24) is 9.88 Å². The molecule has 2 aliphatic heterocycles. The van der Waals surface area contributed by atoms with E-state index < -0.39 is 9.84 Å². The minimum absolute atomic E-state index is 0.0216. The van der Waals surface area contributed by atoms with Crippen LogP contribution in [0.5, 0.6) is 0 Å². The zero-order chi connectivity index (χ0) is 21.4. The number of rotatable bonds is 4. The van der Waals surface area contributed by atoms with Crippen molar-refractivity contribution in [2.45, 2.75) is 25.3 Å². The summed E-state index contributed by atoms with van der Waals surface area (Å²) in [5.74, 6) is 1.08. The number of carbonyl (C=O) groups is 1. The molecule has 0 radical (unpaired) electrons. The standard InChI is InChI=1S/C23H25N3O4S/c27-22(16-9-12-26(13-10-16)19-11-14-31(28,29)15-19)24-18-7-5-17(6-8-18)23-25-20-3-1-2-4-21(20)30-23/h1-8,16,19H,9-15H2,(H,24,27). The van der Waals surface area contributed by atoms with Gasteiger partial charge in [0.15, 0.2) is 15.4 Å². The van der Waals surface area contributed by atoms with Crippen molar-refractivity contribution in [3.63, 3.8) is 0 Å². The molecule has 1 aromatic heterocycles. The molecule has 162 valence electrons. The van der Waals surface area contributed by atoms with Crippen molar-refractivity contribution in [3.8, 4) is 11.5 Å². The Morgan fingerprint density at radius 2 is 1.77 bits per heavy atom. The van der Waals surface area contributed by atoms with Gasteiger partial charge in [-0.3, -0.25) is 9.69 Å². The van der Waals surface area contributed by atoms with E-state index in [4.69, 9.17) is 4.42 Å². The van der Waals surface area contributed by atoms with Crippen molar-refractivity contribution < 1.29 is 17.6 Å². The van der Waals surface area contributed by atoms with Crippen LogP contribution in [-0.2, 0) is 14.6 Å². The summed E-state index contributed by atoms with van der Waals surface area (Å²) in [6, 6.07) is 15.3. The summed E-state index contributed by atoms with van der Waals surface area (Å²) < 4.78 is 29.2. The van der Waals surface area contributed by atoms with E-state index >= 15 is 0 Å². The summed E-state index contributed by atoms with van der Waals surface area (Å²) >= 11 is 0. The van der Waals surface area contributed by atoms with Crippen LogP contribution in [0.4, 0.5) is 5.69 Å². The van der Waals surface area contributed by atoms with Gasteiger partial charge >= 0.3 is 0 Å². The first-order chi connectivity index (χ1) is 15.0. The van der Waals surface area contributed by atoms with Crippen LogP contribution in [0.25, 0.3) is 22.6 Å². The Kier molecular flexibility index (Phi) is 5.27. The molecule has 0 spiro atoms. The molecular formula is C23H25N3O4S. The number of amides is 1. The maximum absolute atomic E-state index is 12.7. The quantitative estimate of drug-likeness (QED) is 0.670. The molecule has 5 rings (SSSR count). The van der Waals surface area contributed by atoms with Gasteiger partial charge in [0, 0.05) is 23.2 Å². The Morgan fingerprint density at radius 3 is 2.45 bits per heavy atom. The van der Waals surface area contributed by atoms with Crippen LogP contribution in [0.2, 0.25) is 0 Å². The molecule has 0 aliphatic carbocycles. The van der Waals surface area contributed by atoms with E-state index in [0.717, 1.165) is 48.3 Å². The summed E-state index contributed by atoms with van der Waals surface area (Å²) in [5, 5.41) is 3.01. The highest BCUT2D eigenvalue weighted by atomic mass is 32.2. The number of sulfone groups is 1. The summed E-state index contributed by atoms with van der Waals surface area (Å²) in [4.78, 5) is 19.5. The lowest BCUT2D eigenvalue weighted by Crippen LogP contribution is -2.44. The first-order valence-electron chi connectivity index (χ1n) is 10.7. The van der Waals surface area contributed by atoms with Gasteiger partial charge in [-0.15, -0.1) is 0 Å². The lowest BCUT2D eigenvalue weighted by Gasteiger charge is -2.34. The number of anilines is 1. The Labute approximate surface area is 181 Å². The highest BCUT2D eigenvalue weighted by molar-refractivity contribution is 7.91. The van der Waals surface area contributed by atoms with Crippen LogP contribution in [0.15, 0.2) is 52.9 Å². The number of fused-ring (bicyclic) bond motifs is 1. The summed E-state index contributed by atoms with van der Waals surface area (Å²) in [7, 11) is -2.88. The second-order valence-electron chi connectivity index (χ2n) is 8.42. The van der Waals surface area contributed by atoms with Crippen molar-refractivity contribution in [2.75, 3.05) is 29.9 Å². The van der Waals surface area contributed by atoms with E-state index in [1.165, 1.54) is 0 Å². The maximum atomic E-state index is 12.7. The molecule has 2 fully saturated rings. The fourth-order valence-corrected chi connectivity index (χ4v) is 6.29. The number of hydrogen-bond acceptors (Lipinski definition) is 6. The second-order valence-corrected chi connectivity index (χ2v) is 10.6. The molecule has 1 N–H and O–H groups in total. The zero-order valence-electron chi connectivity index (χ0n) is 17.2. The first kappa shape index (κ1) is 20.2. The van der Waals surface area contributed by atoms with Gasteiger partial charge in [0.1, 0.15) is 5.52 Å². The number of piperidine rings is 1. The molecule has 31 heavy (non-hydrogen) atoms. The minimum atomic E-state index is -2.88. The molecule has 7 nitrogen and oxygen atoms in total. The lowest BCUT2D eigenvalue weighted by molar-refractivity contribution is -0.121. The number of para-hydroxylation sites is 2. The minimum Gasteiger partial charge on any atom is -0.436 e. The van der Waals surface area contributed by atoms with Gasteiger partial charge < -0.3 is 9.73 Å². The topological polar surface area (TPSA) is 92.5 Å². The molecule has 2 aliphatic rings. The molecule has 1 amide bonds. The summed E-state index contributed by atoms with van der Waals surface area (Å²) in [6.45, 7) is 1.55. The number of aromatic nitrogens is 1. The Morgan fingerprint density at radius 1 is 1.03 bits per heavy atom. The van der Waals surface area contributed by atoms with Crippen LogP contribution < -0.4 is 5.32 Å². The molecule has 3 aromatic rings. The number of benzene rings is 2. The van der Waals surface area contributed by atoms with E-state index in [1.807, 2.05) is 48.5 Å². The zero-order valence-corrected chi connectivity index (χ0v) is 18.0. The predicted molar refractivity (Wildman–Crippen MR) is 119 cm³/mol. The molecule has 0 saturated carbocycles. The smallest absolute Gasteiger partial charge is 0.227 e. The number of carbonyl (C=O) groups excluding carboxylic acids is 1. The fraction of sp³-hybridized carbons (Fsp3) is 0.391. The third kappa shape index (κ3) is 4.36. The summed E-state index contributed by atoms with van der Waals surface area (Å²) in [5.41, 5.74) is 3.16. The summed E-state index contributed by atoms with van der Waals surface area (Å²) in [6.07, 6.45) is 2.22. The molecular weight excluding hydrogens is 414 g/mol. The molecule has 1 unspecified atom stereocenters. The van der Waals surface area contributed by atoms with Crippen LogP contribution in [0.3, 0.4) is 0 Å². The van der Waals surface area contributed by atoms with Crippen molar-refractivity contribution in [1.29, 1.82) is 0 Å². The van der Waals surface area contributed by atoms with Crippen LogP contribution >= 0.6 is 0 Å². The Balaban J connectivity index is 1.17. The van der Waals surface area contributed by atoms with Gasteiger partial charge in [-0.25, -0.2) is 13.4 Å². The van der Waals surface area contributed by atoms with Crippen LogP contribution in [0.1, 0.15) is 19.3 Å². The molecule has 8 heteroatoms.